The van der Waals surface area contributed by atoms with Gasteiger partial charge in [-0.2, -0.15) is 0 Å². The number of nitrogens with zero attached hydrogens (tertiary/aromatic N) is 5. The Kier molecular flexibility index (Phi) is 11.6. The number of amides is 4. The molecule has 0 bridgehead atoms. The SMILES string of the molecule is CC(C)C(NC(=O)O)C(=O)N1CCCC1c1ncc(-c2ccc3cc(-c4ccc(-c5cnc(C6CCCN6C(=O)C(OC(=O)N(C)C)c6ccccc6)[nH]5)cc4)ccc3c2)[nH]1. The fourth-order valence-electron chi connectivity index (χ4n) is 8.44. The Hall–Kier alpha value is -6.96. The van der Waals surface area contributed by atoms with Crippen molar-refractivity contribution in [3.05, 3.63) is 121 Å². The van der Waals surface area contributed by atoms with Crippen LogP contribution in [0.4, 0.5) is 9.59 Å². The topological polar surface area (TPSA) is 177 Å². The number of ether oxygens (including phenoxy) is 1. The first kappa shape index (κ1) is 40.8. The van der Waals surface area contributed by atoms with Crippen molar-refractivity contribution in [3.8, 4) is 33.6 Å². The van der Waals surface area contributed by atoms with Gasteiger partial charge in [-0.05, 0) is 71.2 Å². The predicted octanol–water partition coefficient (Wildman–Crippen LogP) is 8.35. The zero-order valence-electron chi connectivity index (χ0n) is 34.7. The van der Waals surface area contributed by atoms with Crippen LogP contribution in [0.2, 0.25) is 0 Å². The fourth-order valence-corrected chi connectivity index (χ4v) is 8.44. The number of hydrogen-bond acceptors (Lipinski definition) is 7. The van der Waals surface area contributed by atoms with E-state index < -0.39 is 24.3 Å². The van der Waals surface area contributed by atoms with Crippen molar-refractivity contribution >= 4 is 34.8 Å². The van der Waals surface area contributed by atoms with Gasteiger partial charge in [0.2, 0.25) is 12.0 Å². The Bertz CT molecular complexity index is 2550. The summed E-state index contributed by atoms with van der Waals surface area (Å²) in [5.74, 6) is 0.688. The van der Waals surface area contributed by atoms with E-state index in [0.717, 1.165) is 70.1 Å². The quantitative estimate of drug-likeness (QED) is 0.101. The lowest BCUT2D eigenvalue weighted by molar-refractivity contribution is -0.142. The molecular weight excluding hydrogens is 773 g/mol. The van der Waals surface area contributed by atoms with E-state index in [1.165, 1.54) is 4.90 Å². The van der Waals surface area contributed by atoms with Crippen LogP contribution in [0.15, 0.2) is 103 Å². The average Bonchev–Trinajstić information content (AvgIpc) is 4.11. The van der Waals surface area contributed by atoms with E-state index >= 15 is 0 Å². The van der Waals surface area contributed by atoms with Gasteiger partial charge in [0, 0.05) is 38.3 Å². The van der Waals surface area contributed by atoms with Crippen molar-refractivity contribution in [1.82, 2.24) is 40.0 Å². The summed E-state index contributed by atoms with van der Waals surface area (Å²) in [4.78, 5) is 72.5. The van der Waals surface area contributed by atoms with Gasteiger partial charge in [0.1, 0.15) is 17.7 Å². The molecule has 2 aliphatic rings. The summed E-state index contributed by atoms with van der Waals surface area (Å²) in [6.45, 7) is 4.75. The first-order valence-corrected chi connectivity index (χ1v) is 20.7. The number of imidazole rings is 2. The van der Waals surface area contributed by atoms with Crippen molar-refractivity contribution in [2.24, 2.45) is 5.92 Å². The van der Waals surface area contributed by atoms with E-state index in [1.807, 2.05) is 32.0 Å². The van der Waals surface area contributed by atoms with Crippen molar-refractivity contribution in [2.45, 2.75) is 63.8 Å². The Morgan fingerprint density at radius 3 is 1.82 bits per heavy atom. The first-order chi connectivity index (χ1) is 29.4. The maximum atomic E-state index is 14.0. The zero-order valence-corrected chi connectivity index (χ0v) is 34.7. The highest BCUT2D eigenvalue weighted by Gasteiger charge is 2.39. The minimum absolute atomic E-state index is 0.190. The molecule has 0 radical (unpaired) electrons. The van der Waals surface area contributed by atoms with E-state index in [0.29, 0.717) is 30.3 Å². The van der Waals surface area contributed by atoms with Crippen LogP contribution < -0.4 is 5.32 Å². The van der Waals surface area contributed by atoms with Crippen molar-refractivity contribution < 1.29 is 29.0 Å². The molecule has 0 spiro atoms. The summed E-state index contributed by atoms with van der Waals surface area (Å²) in [5, 5.41) is 13.9. The van der Waals surface area contributed by atoms with Gasteiger partial charge >= 0.3 is 12.2 Å². The first-order valence-electron chi connectivity index (χ1n) is 20.7. The number of aromatic amines is 2. The lowest BCUT2D eigenvalue weighted by Gasteiger charge is -2.29. The maximum Gasteiger partial charge on any atom is 0.410 e. The highest BCUT2D eigenvalue weighted by molar-refractivity contribution is 5.91. The van der Waals surface area contributed by atoms with Gasteiger partial charge in [-0.1, -0.05) is 92.7 Å². The monoisotopic (exact) mass is 822 g/mol. The third-order valence-corrected chi connectivity index (χ3v) is 11.7. The minimum Gasteiger partial charge on any atom is -0.465 e. The van der Waals surface area contributed by atoms with Crippen LogP contribution in [0.5, 0.6) is 0 Å². The number of carbonyl (C=O) groups excluding carboxylic acids is 3. The molecule has 4 aromatic carbocycles. The second-order valence-corrected chi connectivity index (χ2v) is 16.3. The molecule has 14 heteroatoms. The molecule has 8 rings (SSSR count). The molecule has 4 atom stereocenters. The second kappa shape index (κ2) is 17.3. The third-order valence-electron chi connectivity index (χ3n) is 11.7. The smallest absolute Gasteiger partial charge is 0.410 e. The van der Waals surface area contributed by atoms with E-state index in [1.54, 1.807) is 48.4 Å². The Morgan fingerprint density at radius 1 is 0.721 bits per heavy atom. The number of aromatic nitrogens is 4. The van der Waals surface area contributed by atoms with Gasteiger partial charge in [-0.3, -0.25) is 9.59 Å². The van der Waals surface area contributed by atoms with Crippen LogP contribution in [0.25, 0.3) is 44.4 Å². The molecule has 14 nitrogen and oxygen atoms in total. The standard InChI is InChI=1S/C47H50N8O6/c1-28(2)40(52-46(58)59)44(56)54-22-8-12-38(54)42-49-27-37(51-42)35-21-20-33-24-32(18-19-34(33)25-35)29-14-16-30(17-15-29)36-26-48-43(50-36)39-13-9-23-55(39)45(57)41(61-47(60)53(3)4)31-10-6-5-7-11-31/h5-7,10-11,14-21,24-28,38-41,52H,8-9,12-13,22-23H2,1-4H3,(H,48,50)(H,49,51)(H,58,59). The van der Waals surface area contributed by atoms with Crippen LogP contribution in [0.3, 0.4) is 0 Å². The highest BCUT2D eigenvalue weighted by Crippen LogP contribution is 2.37. The van der Waals surface area contributed by atoms with Crippen LogP contribution in [-0.4, -0.2) is 97.0 Å². The number of fused-ring (bicyclic) bond motifs is 1. The third kappa shape index (κ3) is 8.56. The molecule has 6 aromatic rings. The molecule has 4 N–H and O–H groups in total. The normalized spacial score (nSPS) is 17.4. The average molecular weight is 823 g/mol. The van der Waals surface area contributed by atoms with Gasteiger partial charge in [0.25, 0.3) is 5.91 Å². The molecule has 4 heterocycles. The predicted molar refractivity (Wildman–Crippen MR) is 231 cm³/mol. The van der Waals surface area contributed by atoms with Crippen molar-refractivity contribution in [2.75, 3.05) is 27.2 Å². The molecule has 2 aromatic heterocycles. The zero-order chi connectivity index (χ0) is 42.8. The largest absolute Gasteiger partial charge is 0.465 e. The molecule has 314 valence electrons. The van der Waals surface area contributed by atoms with E-state index in [9.17, 15) is 24.3 Å². The van der Waals surface area contributed by atoms with Crippen LogP contribution in [0, 0.1) is 5.92 Å². The Balaban J connectivity index is 0.946. The molecule has 4 unspecified atom stereocenters. The number of carboxylic acid groups (broad SMARTS) is 1. The second-order valence-electron chi connectivity index (χ2n) is 16.3. The Labute approximate surface area is 354 Å². The summed E-state index contributed by atoms with van der Waals surface area (Å²) >= 11 is 0. The molecule has 4 amide bonds. The molecule has 0 aliphatic carbocycles. The summed E-state index contributed by atoms with van der Waals surface area (Å²) < 4.78 is 5.71. The highest BCUT2D eigenvalue weighted by atomic mass is 16.6. The Morgan fingerprint density at radius 2 is 1.25 bits per heavy atom. The van der Waals surface area contributed by atoms with E-state index in [4.69, 9.17) is 9.72 Å². The van der Waals surface area contributed by atoms with Crippen LogP contribution >= 0.6 is 0 Å². The summed E-state index contributed by atoms with van der Waals surface area (Å²) in [7, 11) is 3.18. The van der Waals surface area contributed by atoms with Gasteiger partial charge in [0.05, 0.1) is 35.9 Å². The number of nitrogens with one attached hydrogen (secondary N) is 3. The molecule has 2 saturated heterocycles. The van der Waals surface area contributed by atoms with Crippen molar-refractivity contribution in [3.63, 3.8) is 0 Å². The number of benzene rings is 4. The van der Waals surface area contributed by atoms with E-state index in [-0.39, 0.29) is 29.8 Å². The molecule has 2 aliphatic heterocycles. The number of hydrogen-bond donors (Lipinski definition) is 4. The van der Waals surface area contributed by atoms with Gasteiger partial charge in [0.15, 0.2) is 0 Å². The fraction of sp³-hybridized carbons (Fsp3) is 0.319. The molecule has 0 saturated carbocycles. The van der Waals surface area contributed by atoms with Gasteiger partial charge in [-0.25, -0.2) is 19.6 Å². The summed E-state index contributed by atoms with van der Waals surface area (Å²) in [6.07, 6.45) is 3.84. The van der Waals surface area contributed by atoms with Crippen molar-refractivity contribution in [1.29, 1.82) is 0 Å². The van der Waals surface area contributed by atoms with Crippen LogP contribution in [-0.2, 0) is 14.3 Å². The number of carbonyl (C=O) groups is 4. The maximum absolute atomic E-state index is 14.0. The molecule has 61 heavy (non-hydrogen) atoms. The summed E-state index contributed by atoms with van der Waals surface area (Å²) in [6, 6.07) is 28.7. The number of likely N-dealkylation sites (tertiary alicyclic amines) is 2. The molecule has 2 fully saturated rings. The van der Waals surface area contributed by atoms with Crippen LogP contribution in [0.1, 0.15) is 74.9 Å². The van der Waals surface area contributed by atoms with Gasteiger partial charge in [-0.15, -0.1) is 0 Å². The molecular formula is C47H50N8O6. The number of H-pyrrole nitrogens is 2. The van der Waals surface area contributed by atoms with E-state index in [2.05, 4.69) is 80.9 Å². The summed E-state index contributed by atoms with van der Waals surface area (Å²) in [5.41, 5.74) is 6.38. The lowest BCUT2D eigenvalue weighted by atomic mass is 9.98. The lowest BCUT2D eigenvalue weighted by Crippen LogP contribution is -2.50. The minimum atomic E-state index is -1.21. The van der Waals surface area contributed by atoms with Gasteiger partial charge < -0.3 is 39.8 Å². The number of rotatable bonds is 11.